The number of carbonyl (C=O) groups excluding carboxylic acids is 3. The van der Waals surface area contributed by atoms with Crippen molar-refractivity contribution in [1.82, 2.24) is 5.32 Å². The second-order valence-corrected chi connectivity index (χ2v) is 10.6. The molecule has 0 bridgehead atoms. The quantitative estimate of drug-likeness (QED) is 0.0900. The van der Waals surface area contributed by atoms with Gasteiger partial charge in [0.2, 0.25) is 0 Å². The number of rotatable bonds is 9. The number of barbiturate groups is 1. The molecular formula is C31H21BrClN3O7. The van der Waals surface area contributed by atoms with Crippen molar-refractivity contribution < 1.29 is 28.8 Å². The van der Waals surface area contributed by atoms with Crippen LogP contribution in [0.1, 0.15) is 16.7 Å². The number of anilines is 1. The summed E-state index contributed by atoms with van der Waals surface area (Å²) in [5, 5.41) is 13.4. The van der Waals surface area contributed by atoms with E-state index >= 15 is 0 Å². The Morgan fingerprint density at radius 3 is 2.30 bits per heavy atom. The molecule has 0 unspecified atom stereocenters. The third-order valence-electron chi connectivity index (χ3n) is 6.30. The van der Waals surface area contributed by atoms with Gasteiger partial charge in [0.15, 0.2) is 0 Å². The Labute approximate surface area is 258 Å². The molecule has 10 nitrogen and oxygen atoms in total. The largest absolute Gasteiger partial charge is 0.489 e. The predicted molar refractivity (Wildman–Crippen MR) is 163 cm³/mol. The number of nitro benzene ring substituents is 1. The highest BCUT2D eigenvalue weighted by molar-refractivity contribution is 9.10. The number of amides is 4. The van der Waals surface area contributed by atoms with E-state index in [1.165, 1.54) is 24.3 Å². The Hall–Kier alpha value is -5.00. The number of hydrogen-bond donors (Lipinski definition) is 1. The van der Waals surface area contributed by atoms with E-state index in [9.17, 15) is 24.5 Å². The molecule has 1 N–H and O–H groups in total. The first-order valence-corrected chi connectivity index (χ1v) is 13.9. The van der Waals surface area contributed by atoms with Gasteiger partial charge in [-0.3, -0.25) is 25.0 Å². The number of nitro groups is 1. The van der Waals surface area contributed by atoms with Crippen molar-refractivity contribution in [2.45, 2.75) is 13.2 Å². The minimum atomic E-state index is -0.876. The molecule has 0 spiro atoms. The Bertz CT molecular complexity index is 1760. The summed E-state index contributed by atoms with van der Waals surface area (Å²) in [6.07, 6.45) is 1.32. The SMILES string of the molecule is O=C1NC(=O)N(c2ccc(OCc3ccc(Br)cc3)cc2)C(=O)/C1=C/c1ccc(OCc2cccc([N+](=O)[O-])c2)c(Cl)c1. The van der Waals surface area contributed by atoms with Crippen LogP contribution in [0.25, 0.3) is 6.08 Å². The van der Waals surface area contributed by atoms with Gasteiger partial charge in [-0.15, -0.1) is 0 Å². The third-order valence-corrected chi connectivity index (χ3v) is 7.12. The fourth-order valence-corrected chi connectivity index (χ4v) is 4.65. The van der Waals surface area contributed by atoms with E-state index in [4.69, 9.17) is 21.1 Å². The molecule has 1 saturated heterocycles. The van der Waals surface area contributed by atoms with Gasteiger partial charge < -0.3 is 9.47 Å². The van der Waals surface area contributed by atoms with E-state index in [0.29, 0.717) is 29.2 Å². The molecular weight excluding hydrogens is 642 g/mol. The number of imide groups is 2. The molecule has 0 radical (unpaired) electrons. The minimum absolute atomic E-state index is 0.0356. The maximum atomic E-state index is 13.3. The number of benzene rings is 4. The molecule has 1 fully saturated rings. The Kier molecular flexibility index (Phi) is 8.84. The lowest BCUT2D eigenvalue weighted by Crippen LogP contribution is -2.54. The maximum absolute atomic E-state index is 13.3. The molecule has 0 saturated carbocycles. The van der Waals surface area contributed by atoms with Gasteiger partial charge in [-0.2, -0.15) is 0 Å². The summed E-state index contributed by atoms with van der Waals surface area (Å²) in [5.74, 6) is -0.818. The highest BCUT2D eigenvalue weighted by atomic mass is 79.9. The first kappa shape index (κ1) is 29.5. The van der Waals surface area contributed by atoms with Crippen LogP contribution in [0.3, 0.4) is 0 Å². The highest BCUT2D eigenvalue weighted by Crippen LogP contribution is 2.29. The lowest BCUT2D eigenvalue weighted by molar-refractivity contribution is -0.384. The van der Waals surface area contributed by atoms with E-state index in [1.807, 2.05) is 24.3 Å². The fourth-order valence-electron chi connectivity index (χ4n) is 4.14. The van der Waals surface area contributed by atoms with Crippen molar-refractivity contribution in [3.8, 4) is 11.5 Å². The summed E-state index contributed by atoms with van der Waals surface area (Å²) < 4.78 is 12.5. The summed E-state index contributed by atoms with van der Waals surface area (Å²) in [6.45, 7) is 0.367. The normalized spacial score (nSPS) is 14.0. The molecule has 4 aromatic rings. The lowest BCUT2D eigenvalue weighted by atomic mass is 10.1. The summed E-state index contributed by atoms with van der Waals surface area (Å²) in [4.78, 5) is 49.9. The summed E-state index contributed by atoms with van der Waals surface area (Å²) >= 11 is 9.77. The van der Waals surface area contributed by atoms with E-state index in [-0.39, 0.29) is 28.6 Å². The van der Waals surface area contributed by atoms with Gasteiger partial charge in [-0.1, -0.05) is 57.9 Å². The van der Waals surface area contributed by atoms with Crippen molar-refractivity contribution in [2.24, 2.45) is 0 Å². The second-order valence-electron chi connectivity index (χ2n) is 9.27. The van der Waals surface area contributed by atoms with Crippen molar-refractivity contribution >= 4 is 62.8 Å². The molecule has 5 rings (SSSR count). The maximum Gasteiger partial charge on any atom is 0.335 e. The molecule has 1 aliphatic rings. The van der Waals surface area contributed by atoms with Gasteiger partial charge in [-0.25, -0.2) is 9.69 Å². The van der Waals surface area contributed by atoms with Crippen molar-refractivity contribution in [2.75, 3.05) is 4.90 Å². The van der Waals surface area contributed by atoms with Crippen LogP contribution in [0.15, 0.2) is 101 Å². The zero-order valence-electron chi connectivity index (χ0n) is 22.2. The zero-order valence-corrected chi connectivity index (χ0v) is 24.5. The minimum Gasteiger partial charge on any atom is -0.489 e. The topological polar surface area (TPSA) is 128 Å². The van der Waals surface area contributed by atoms with Crippen molar-refractivity contribution in [3.05, 3.63) is 133 Å². The molecule has 0 aromatic heterocycles. The molecule has 4 aromatic carbocycles. The summed E-state index contributed by atoms with van der Waals surface area (Å²) in [5.41, 5.74) is 1.88. The smallest absolute Gasteiger partial charge is 0.335 e. The number of halogens is 2. The summed E-state index contributed by atoms with van der Waals surface area (Å²) in [6, 6.07) is 23.8. The van der Waals surface area contributed by atoms with Gasteiger partial charge in [0.1, 0.15) is 30.3 Å². The Morgan fingerprint density at radius 2 is 1.60 bits per heavy atom. The molecule has 0 atom stereocenters. The van der Waals surface area contributed by atoms with Crippen LogP contribution < -0.4 is 19.7 Å². The van der Waals surface area contributed by atoms with Crippen LogP contribution >= 0.6 is 27.5 Å². The van der Waals surface area contributed by atoms with E-state index < -0.39 is 22.8 Å². The summed E-state index contributed by atoms with van der Waals surface area (Å²) in [7, 11) is 0. The Morgan fingerprint density at radius 1 is 0.884 bits per heavy atom. The first-order chi connectivity index (χ1) is 20.7. The van der Waals surface area contributed by atoms with Crippen LogP contribution in [-0.2, 0) is 22.8 Å². The van der Waals surface area contributed by atoms with Gasteiger partial charge in [0, 0.05) is 16.6 Å². The molecule has 4 amide bonds. The predicted octanol–water partition coefficient (Wildman–Crippen LogP) is 6.84. The average Bonchev–Trinajstić information content (AvgIpc) is 2.99. The molecule has 1 aliphatic heterocycles. The molecule has 12 heteroatoms. The fraction of sp³-hybridized carbons (Fsp3) is 0.0645. The van der Waals surface area contributed by atoms with Gasteiger partial charge in [-0.05, 0) is 71.3 Å². The molecule has 1 heterocycles. The van der Waals surface area contributed by atoms with E-state index in [1.54, 1.807) is 48.5 Å². The number of nitrogens with one attached hydrogen (secondary N) is 1. The van der Waals surface area contributed by atoms with Gasteiger partial charge in [0.05, 0.1) is 15.6 Å². The van der Waals surface area contributed by atoms with Crippen molar-refractivity contribution in [1.29, 1.82) is 0 Å². The first-order valence-electron chi connectivity index (χ1n) is 12.7. The number of carbonyl (C=O) groups is 3. The van der Waals surface area contributed by atoms with Gasteiger partial charge in [0.25, 0.3) is 17.5 Å². The average molecular weight is 663 g/mol. The standard InChI is InChI=1S/C31H21BrClN3O7/c32-22-7-4-19(5-8-22)17-42-25-11-9-23(10-12-25)35-30(38)26(29(37)34-31(35)39)15-20-6-13-28(27(33)16-20)43-18-21-2-1-3-24(14-21)36(40)41/h1-16H,17-18H2,(H,34,37,39)/b26-15+. The number of nitrogens with zero attached hydrogens (tertiary/aromatic N) is 2. The number of ether oxygens (including phenoxy) is 2. The Balaban J connectivity index is 1.28. The molecule has 0 aliphatic carbocycles. The number of hydrogen-bond acceptors (Lipinski definition) is 7. The zero-order chi connectivity index (χ0) is 30.5. The highest BCUT2D eigenvalue weighted by Gasteiger charge is 2.36. The number of urea groups is 1. The van der Waals surface area contributed by atoms with Crippen molar-refractivity contribution in [3.63, 3.8) is 0 Å². The van der Waals surface area contributed by atoms with Crippen LogP contribution in [-0.4, -0.2) is 22.8 Å². The van der Waals surface area contributed by atoms with Crippen LogP contribution in [0.4, 0.5) is 16.2 Å². The van der Waals surface area contributed by atoms with E-state index in [0.717, 1.165) is 14.9 Å². The van der Waals surface area contributed by atoms with Crippen LogP contribution in [0.5, 0.6) is 11.5 Å². The second kappa shape index (κ2) is 12.9. The van der Waals surface area contributed by atoms with Gasteiger partial charge >= 0.3 is 6.03 Å². The third kappa shape index (κ3) is 7.08. The van der Waals surface area contributed by atoms with E-state index in [2.05, 4.69) is 21.2 Å². The monoisotopic (exact) mass is 661 g/mol. The number of non-ortho nitro benzene ring substituents is 1. The van der Waals surface area contributed by atoms with Crippen LogP contribution in [0.2, 0.25) is 5.02 Å². The lowest BCUT2D eigenvalue weighted by Gasteiger charge is -2.26. The molecule has 216 valence electrons. The molecule has 43 heavy (non-hydrogen) atoms. The van der Waals surface area contributed by atoms with Crippen LogP contribution in [0, 0.1) is 10.1 Å².